The standard InChI is InChI=1S/C20H23FN2O6S/c21-17-3-1-15(2-4-17)9-14-29-18-5-7-19(8-6-18)30(26,27)22-23(25)20(24)16-10-12-28-13-11-16/h1-8,16,22,25H,9-14H2. The van der Waals surface area contributed by atoms with Crippen LogP contribution in [-0.4, -0.2) is 44.5 Å². The van der Waals surface area contributed by atoms with E-state index in [2.05, 4.69) is 0 Å². The molecule has 2 aromatic rings. The van der Waals surface area contributed by atoms with Gasteiger partial charge in [-0.3, -0.25) is 10.0 Å². The van der Waals surface area contributed by atoms with Gasteiger partial charge in [0, 0.05) is 25.6 Å². The molecule has 2 aromatic carbocycles. The van der Waals surface area contributed by atoms with Crippen LogP contribution in [0.2, 0.25) is 0 Å². The lowest BCUT2D eigenvalue weighted by atomic mass is 10.00. The summed E-state index contributed by atoms with van der Waals surface area (Å²) in [6.07, 6.45) is 1.40. The van der Waals surface area contributed by atoms with Gasteiger partial charge >= 0.3 is 0 Å². The highest BCUT2D eigenvalue weighted by Crippen LogP contribution is 2.19. The minimum absolute atomic E-state index is 0.0262. The second kappa shape index (κ2) is 9.98. The molecule has 1 aliphatic rings. The van der Waals surface area contributed by atoms with Crippen LogP contribution in [0.3, 0.4) is 0 Å². The second-order valence-electron chi connectivity index (χ2n) is 6.83. The molecule has 10 heteroatoms. The van der Waals surface area contributed by atoms with E-state index in [0.717, 1.165) is 5.56 Å². The number of amides is 1. The van der Waals surface area contributed by atoms with Gasteiger partial charge in [-0.25, -0.2) is 12.8 Å². The number of carbonyl (C=O) groups excluding carboxylic acids is 1. The molecule has 0 spiro atoms. The molecular weight excluding hydrogens is 415 g/mol. The fourth-order valence-corrected chi connectivity index (χ4v) is 3.90. The van der Waals surface area contributed by atoms with E-state index in [-0.39, 0.29) is 15.9 Å². The maximum absolute atomic E-state index is 12.9. The molecule has 0 aliphatic carbocycles. The molecule has 1 heterocycles. The van der Waals surface area contributed by atoms with Crippen LogP contribution in [0.1, 0.15) is 18.4 Å². The van der Waals surface area contributed by atoms with E-state index >= 15 is 0 Å². The Morgan fingerprint density at radius 1 is 1.13 bits per heavy atom. The summed E-state index contributed by atoms with van der Waals surface area (Å²) in [5.41, 5.74) is 0.914. The number of sulfonamides is 1. The predicted octanol–water partition coefficient (Wildman–Crippen LogP) is 2.28. The lowest BCUT2D eigenvalue weighted by Gasteiger charge is -2.24. The normalized spacial score (nSPS) is 15.0. The van der Waals surface area contributed by atoms with E-state index < -0.39 is 21.8 Å². The van der Waals surface area contributed by atoms with Gasteiger partial charge in [0.1, 0.15) is 11.6 Å². The molecular formula is C20H23FN2O6S. The van der Waals surface area contributed by atoms with Crippen molar-refractivity contribution in [3.63, 3.8) is 0 Å². The molecule has 0 atom stereocenters. The lowest BCUT2D eigenvalue weighted by molar-refractivity contribution is -0.179. The Hall–Kier alpha value is -2.53. The molecule has 0 saturated carbocycles. The Morgan fingerprint density at radius 2 is 1.77 bits per heavy atom. The van der Waals surface area contributed by atoms with Crippen LogP contribution in [-0.2, 0) is 26.0 Å². The molecule has 0 radical (unpaired) electrons. The Kier molecular flexibility index (Phi) is 7.38. The fraction of sp³-hybridized carbons (Fsp3) is 0.350. The second-order valence-corrected chi connectivity index (χ2v) is 8.49. The van der Waals surface area contributed by atoms with Gasteiger partial charge in [-0.05, 0) is 54.8 Å². The zero-order chi connectivity index (χ0) is 21.6. The van der Waals surface area contributed by atoms with E-state index in [1.165, 1.54) is 36.4 Å². The Bertz CT molecular complexity index is 944. The predicted molar refractivity (Wildman–Crippen MR) is 105 cm³/mol. The topological polar surface area (TPSA) is 105 Å². The summed E-state index contributed by atoms with van der Waals surface area (Å²) in [4.78, 5) is 13.9. The molecule has 2 N–H and O–H groups in total. The molecule has 0 aromatic heterocycles. The summed E-state index contributed by atoms with van der Waals surface area (Å²) in [6.45, 7) is 1.11. The largest absolute Gasteiger partial charge is 0.493 e. The Morgan fingerprint density at radius 3 is 2.40 bits per heavy atom. The van der Waals surface area contributed by atoms with Crippen molar-refractivity contribution in [3.05, 3.63) is 59.9 Å². The number of rotatable bonds is 8. The van der Waals surface area contributed by atoms with Crippen molar-refractivity contribution < 1.29 is 32.3 Å². The first-order chi connectivity index (χ1) is 14.3. The van der Waals surface area contributed by atoms with Crippen LogP contribution in [0.4, 0.5) is 4.39 Å². The summed E-state index contributed by atoms with van der Waals surface area (Å²) >= 11 is 0. The van der Waals surface area contributed by atoms with Crippen molar-refractivity contribution in [1.29, 1.82) is 0 Å². The van der Waals surface area contributed by atoms with Crippen LogP contribution < -0.4 is 9.57 Å². The maximum atomic E-state index is 12.9. The maximum Gasteiger partial charge on any atom is 0.265 e. The molecule has 1 aliphatic heterocycles. The van der Waals surface area contributed by atoms with Gasteiger partial charge in [0.05, 0.1) is 11.5 Å². The minimum Gasteiger partial charge on any atom is -0.493 e. The summed E-state index contributed by atoms with van der Waals surface area (Å²) in [5.74, 6) is -1.07. The third kappa shape index (κ3) is 5.99. The Balaban J connectivity index is 1.53. The molecule has 1 fully saturated rings. The van der Waals surface area contributed by atoms with E-state index in [1.807, 2.05) is 4.83 Å². The molecule has 1 amide bonds. The SMILES string of the molecule is O=C(C1CCOCC1)N(O)NS(=O)(=O)c1ccc(OCCc2ccc(F)cc2)cc1. The van der Waals surface area contributed by atoms with Crippen LogP contribution in [0.25, 0.3) is 0 Å². The molecule has 162 valence electrons. The van der Waals surface area contributed by atoms with E-state index in [4.69, 9.17) is 9.47 Å². The van der Waals surface area contributed by atoms with Gasteiger partial charge in [-0.1, -0.05) is 17.0 Å². The number of hydrazine groups is 1. The molecule has 3 rings (SSSR count). The number of hydroxylamine groups is 1. The quantitative estimate of drug-likeness (QED) is 0.484. The molecule has 0 unspecified atom stereocenters. The summed E-state index contributed by atoms with van der Waals surface area (Å²) < 4.78 is 48.4. The number of hydrogen-bond acceptors (Lipinski definition) is 6. The van der Waals surface area contributed by atoms with Crippen molar-refractivity contribution >= 4 is 15.9 Å². The van der Waals surface area contributed by atoms with Crippen molar-refractivity contribution in [2.24, 2.45) is 5.92 Å². The highest BCUT2D eigenvalue weighted by molar-refractivity contribution is 7.89. The molecule has 8 nitrogen and oxygen atoms in total. The van der Waals surface area contributed by atoms with Crippen molar-refractivity contribution in [2.45, 2.75) is 24.2 Å². The summed E-state index contributed by atoms with van der Waals surface area (Å²) in [6, 6.07) is 11.6. The third-order valence-corrected chi connectivity index (χ3v) is 6.00. The number of halogens is 1. The van der Waals surface area contributed by atoms with Gasteiger partial charge in [-0.15, -0.1) is 5.17 Å². The lowest BCUT2D eigenvalue weighted by Crippen LogP contribution is -2.47. The monoisotopic (exact) mass is 438 g/mol. The van der Waals surface area contributed by atoms with Crippen molar-refractivity contribution in [3.8, 4) is 5.75 Å². The van der Waals surface area contributed by atoms with Crippen molar-refractivity contribution in [2.75, 3.05) is 19.8 Å². The first-order valence-corrected chi connectivity index (χ1v) is 10.9. The number of hydrogen-bond donors (Lipinski definition) is 2. The third-order valence-electron chi connectivity index (χ3n) is 4.69. The average molecular weight is 438 g/mol. The van der Waals surface area contributed by atoms with Crippen LogP contribution in [0.5, 0.6) is 5.75 Å². The molecule has 30 heavy (non-hydrogen) atoms. The van der Waals surface area contributed by atoms with Gasteiger partial charge < -0.3 is 9.47 Å². The number of ether oxygens (including phenoxy) is 2. The number of benzene rings is 2. The highest BCUT2D eigenvalue weighted by atomic mass is 32.2. The summed E-state index contributed by atoms with van der Waals surface area (Å²) in [7, 11) is -4.14. The van der Waals surface area contributed by atoms with Gasteiger partial charge in [-0.2, -0.15) is 0 Å². The smallest absolute Gasteiger partial charge is 0.265 e. The van der Waals surface area contributed by atoms with Crippen LogP contribution >= 0.6 is 0 Å². The molecule has 0 bridgehead atoms. The highest BCUT2D eigenvalue weighted by Gasteiger charge is 2.29. The number of nitrogens with one attached hydrogen (secondary N) is 1. The van der Waals surface area contributed by atoms with Crippen molar-refractivity contribution in [1.82, 2.24) is 10.0 Å². The summed E-state index contributed by atoms with van der Waals surface area (Å²) in [5, 5.41) is 9.89. The Labute approximate surface area is 174 Å². The van der Waals surface area contributed by atoms with Crippen LogP contribution in [0, 0.1) is 11.7 Å². The minimum atomic E-state index is -4.14. The zero-order valence-corrected chi connectivity index (χ0v) is 17.0. The van der Waals surface area contributed by atoms with E-state index in [1.54, 1.807) is 12.1 Å². The zero-order valence-electron chi connectivity index (χ0n) is 16.2. The molecule has 1 saturated heterocycles. The van der Waals surface area contributed by atoms with Gasteiger partial charge in [0.15, 0.2) is 0 Å². The fourth-order valence-electron chi connectivity index (χ4n) is 2.98. The number of carbonyl (C=O) groups is 1. The van der Waals surface area contributed by atoms with E-state index in [0.29, 0.717) is 44.8 Å². The van der Waals surface area contributed by atoms with Gasteiger partial charge in [0.2, 0.25) is 0 Å². The average Bonchev–Trinajstić information content (AvgIpc) is 2.75. The first-order valence-electron chi connectivity index (χ1n) is 9.45. The van der Waals surface area contributed by atoms with E-state index in [9.17, 15) is 22.8 Å². The van der Waals surface area contributed by atoms with Crippen LogP contribution in [0.15, 0.2) is 53.4 Å². The van der Waals surface area contributed by atoms with Gasteiger partial charge in [0.25, 0.3) is 15.9 Å². The first kappa shape index (κ1) is 22.2. The number of nitrogens with zero attached hydrogens (tertiary/aromatic N) is 1.